The maximum absolute atomic E-state index is 12.9. The van der Waals surface area contributed by atoms with Crippen LogP contribution in [0.3, 0.4) is 0 Å². The molecule has 0 aliphatic carbocycles. The molecule has 4 N–H and O–H groups in total. The van der Waals surface area contributed by atoms with Crippen LogP contribution in [0.25, 0.3) is 0 Å². The Hall–Kier alpha value is -3.72. The van der Waals surface area contributed by atoms with Crippen molar-refractivity contribution in [3.63, 3.8) is 0 Å². The monoisotopic (exact) mass is 593 g/mol. The van der Waals surface area contributed by atoms with Gasteiger partial charge in [-0.25, -0.2) is 4.98 Å². The van der Waals surface area contributed by atoms with E-state index in [0.717, 1.165) is 43.2 Å². The summed E-state index contributed by atoms with van der Waals surface area (Å²) in [6, 6.07) is 8.99. The molecule has 0 unspecified atom stereocenters. The number of phenolic OH excluding ortho intramolecular Hbond substituents is 1. The molecule has 0 saturated carbocycles. The summed E-state index contributed by atoms with van der Waals surface area (Å²) in [4.78, 5) is 33.4. The molecule has 1 aromatic carbocycles. The van der Waals surface area contributed by atoms with Crippen LogP contribution in [0.15, 0.2) is 52.7 Å². The normalized spacial score (nSPS) is 14.9. The number of pyridine rings is 1. The van der Waals surface area contributed by atoms with Crippen molar-refractivity contribution >= 4 is 23.8 Å². The van der Waals surface area contributed by atoms with Gasteiger partial charge in [-0.1, -0.05) is 19.4 Å². The number of hydrogen-bond donors (Lipinski definition) is 3. The predicted octanol–water partition coefficient (Wildman–Crippen LogP) is 5.73. The average molecular weight is 594 g/mol. The summed E-state index contributed by atoms with van der Waals surface area (Å²) in [6.07, 6.45) is 9.99. The van der Waals surface area contributed by atoms with Gasteiger partial charge in [0, 0.05) is 38.8 Å². The van der Waals surface area contributed by atoms with Crippen molar-refractivity contribution in [1.82, 2.24) is 4.98 Å². The van der Waals surface area contributed by atoms with Crippen LogP contribution >= 0.6 is 0 Å². The SMILES string of the molecule is CC[C@H](CC[C@H](CC(=O)CCc1ccc(O)c(OC)c1)OC(C)=O)CC1=C(C[C@H](CCCO)c2ccnc(N)c2)CN=C1. The number of esters is 1. The van der Waals surface area contributed by atoms with E-state index in [2.05, 4.69) is 16.9 Å². The van der Waals surface area contributed by atoms with Crippen LogP contribution in [0.4, 0.5) is 5.82 Å². The second-order valence-corrected chi connectivity index (χ2v) is 11.4. The molecular weight excluding hydrogens is 546 g/mol. The largest absolute Gasteiger partial charge is 0.504 e. The molecule has 3 rings (SSSR count). The number of nitrogens with zero attached hydrogens (tertiary/aromatic N) is 2. The Morgan fingerprint density at radius 2 is 1.93 bits per heavy atom. The van der Waals surface area contributed by atoms with Crippen LogP contribution in [0.1, 0.15) is 88.7 Å². The standard InChI is InChI=1S/C34H47N3O6/c1-4-24(16-28-21-36-22-29(28)18-26(6-5-15-38)27-13-14-37-34(35)19-27)8-11-31(43-23(2)39)20-30(40)10-7-25-9-12-32(41)33(17-25)42-3/h9,12-14,17,19,21,24,26,31,38,41H,4-8,10-11,15-16,18,20,22H2,1-3H3,(H2,35,37)/t24-,26+,31-/m1/s1. The number of phenols is 1. The number of aliphatic hydroxyl groups is 1. The zero-order valence-electron chi connectivity index (χ0n) is 25.8. The molecule has 0 bridgehead atoms. The number of methoxy groups -OCH3 is 1. The molecule has 0 amide bonds. The van der Waals surface area contributed by atoms with Crippen molar-refractivity contribution in [2.75, 3.05) is 26.0 Å². The third kappa shape index (κ3) is 11.1. The van der Waals surface area contributed by atoms with E-state index in [-0.39, 0.29) is 36.4 Å². The molecule has 3 atom stereocenters. The first-order chi connectivity index (χ1) is 20.7. The minimum atomic E-state index is -0.459. The number of aromatic hydroxyl groups is 1. The van der Waals surface area contributed by atoms with Crippen LogP contribution in [0, 0.1) is 5.92 Å². The lowest BCUT2D eigenvalue weighted by Crippen LogP contribution is -2.22. The minimum absolute atomic E-state index is 0.0323. The van der Waals surface area contributed by atoms with E-state index in [1.54, 1.807) is 24.4 Å². The highest BCUT2D eigenvalue weighted by Crippen LogP contribution is 2.34. The molecule has 43 heavy (non-hydrogen) atoms. The lowest BCUT2D eigenvalue weighted by atomic mass is 9.84. The molecule has 234 valence electrons. The number of hydrogen-bond acceptors (Lipinski definition) is 9. The number of benzene rings is 1. The van der Waals surface area contributed by atoms with Gasteiger partial charge in [0.25, 0.3) is 0 Å². The zero-order chi connectivity index (χ0) is 31.2. The first-order valence-corrected chi connectivity index (χ1v) is 15.3. The van der Waals surface area contributed by atoms with E-state index in [1.165, 1.54) is 25.2 Å². The second kappa shape index (κ2) is 17.4. The number of ketones is 1. The van der Waals surface area contributed by atoms with E-state index in [0.29, 0.717) is 49.7 Å². The molecule has 2 heterocycles. The molecular formula is C34H47N3O6. The molecule has 0 spiro atoms. The van der Waals surface area contributed by atoms with Crippen LogP contribution in [0.2, 0.25) is 0 Å². The van der Waals surface area contributed by atoms with Crippen LogP contribution < -0.4 is 10.5 Å². The summed E-state index contributed by atoms with van der Waals surface area (Å²) < 4.78 is 10.7. The van der Waals surface area contributed by atoms with Crippen LogP contribution in [-0.2, 0) is 20.7 Å². The smallest absolute Gasteiger partial charge is 0.302 e. The molecule has 9 heteroatoms. The number of rotatable bonds is 19. The van der Waals surface area contributed by atoms with Gasteiger partial charge in [-0.2, -0.15) is 0 Å². The van der Waals surface area contributed by atoms with Gasteiger partial charge in [0.1, 0.15) is 17.7 Å². The number of nitrogens with two attached hydrogens (primary N) is 1. The Morgan fingerprint density at radius 3 is 2.63 bits per heavy atom. The number of aliphatic hydroxyl groups excluding tert-OH is 1. The van der Waals surface area contributed by atoms with Gasteiger partial charge < -0.3 is 25.4 Å². The van der Waals surface area contributed by atoms with Crippen molar-refractivity contribution in [2.45, 2.75) is 90.1 Å². The van der Waals surface area contributed by atoms with Gasteiger partial charge in [0.05, 0.1) is 13.7 Å². The van der Waals surface area contributed by atoms with Gasteiger partial charge in [-0.05, 0) is 103 Å². The molecule has 1 aliphatic rings. The molecule has 1 aromatic heterocycles. The second-order valence-electron chi connectivity index (χ2n) is 11.4. The fourth-order valence-corrected chi connectivity index (χ4v) is 5.73. The highest BCUT2D eigenvalue weighted by Gasteiger charge is 2.23. The summed E-state index contributed by atoms with van der Waals surface area (Å²) in [5.41, 5.74) is 10.6. The highest BCUT2D eigenvalue weighted by atomic mass is 16.5. The van der Waals surface area contributed by atoms with Crippen molar-refractivity contribution in [3.05, 3.63) is 58.8 Å². The summed E-state index contributed by atoms with van der Waals surface area (Å²) in [6.45, 7) is 4.38. The Bertz CT molecular complexity index is 1270. The maximum atomic E-state index is 12.9. The highest BCUT2D eigenvalue weighted by molar-refractivity contribution is 5.82. The van der Waals surface area contributed by atoms with E-state index < -0.39 is 6.10 Å². The number of ether oxygens (including phenoxy) is 2. The molecule has 9 nitrogen and oxygen atoms in total. The number of aryl methyl sites for hydroxylation is 1. The Morgan fingerprint density at radius 1 is 1.12 bits per heavy atom. The number of aromatic nitrogens is 1. The number of allylic oxidation sites excluding steroid dienone is 1. The van der Waals surface area contributed by atoms with Crippen LogP contribution in [-0.4, -0.2) is 59.5 Å². The summed E-state index contributed by atoms with van der Waals surface area (Å²) in [5.74, 6) is 1.17. The van der Waals surface area contributed by atoms with Gasteiger partial charge >= 0.3 is 5.97 Å². The molecule has 1 aliphatic heterocycles. The third-order valence-corrected chi connectivity index (χ3v) is 8.17. The number of Topliss-reactive ketones (excluding diaryl/α,β-unsaturated/α-hetero) is 1. The average Bonchev–Trinajstić information content (AvgIpc) is 3.42. The summed E-state index contributed by atoms with van der Waals surface area (Å²) in [7, 11) is 1.49. The number of nitrogen functional groups attached to an aromatic ring is 1. The molecule has 0 saturated heterocycles. The van der Waals surface area contributed by atoms with Crippen molar-refractivity contribution in [1.29, 1.82) is 0 Å². The van der Waals surface area contributed by atoms with Gasteiger partial charge in [-0.3, -0.25) is 14.6 Å². The summed E-state index contributed by atoms with van der Waals surface area (Å²) in [5, 5.41) is 19.3. The fraction of sp³-hybridized carbons (Fsp3) is 0.529. The van der Waals surface area contributed by atoms with E-state index in [9.17, 15) is 19.8 Å². The Balaban J connectivity index is 1.60. The maximum Gasteiger partial charge on any atom is 0.302 e. The zero-order valence-corrected chi connectivity index (χ0v) is 25.8. The minimum Gasteiger partial charge on any atom is -0.504 e. The Kier molecular flexibility index (Phi) is 13.7. The first-order valence-electron chi connectivity index (χ1n) is 15.3. The van der Waals surface area contributed by atoms with Crippen LogP contribution in [0.5, 0.6) is 11.5 Å². The van der Waals surface area contributed by atoms with E-state index >= 15 is 0 Å². The number of carbonyl (C=O) groups excluding carboxylic acids is 2. The molecule has 0 fully saturated rings. The van der Waals surface area contributed by atoms with Gasteiger partial charge in [0.15, 0.2) is 11.5 Å². The lowest BCUT2D eigenvalue weighted by Gasteiger charge is -2.22. The topological polar surface area (TPSA) is 144 Å². The molecule has 2 aromatic rings. The lowest BCUT2D eigenvalue weighted by molar-refractivity contribution is -0.148. The quantitative estimate of drug-likeness (QED) is 0.175. The van der Waals surface area contributed by atoms with Crippen molar-refractivity contribution in [3.8, 4) is 11.5 Å². The van der Waals surface area contributed by atoms with Crippen molar-refractivity contribution in [2.24, 2.45) is 10.9 Å². The summed E-state index contributed by atoms with van der Waals surface area (Å²) >= 11 is 0. The van der Waals surface area contributed by atoms with E-state index in [4.69, 9.17) is 15.2 Å². The van der Waals surface area contributed by atoms with Crippen molar-refractivity contribution < 1.29 is 29.3 Å². The predicted molar refractivity (Wildman–Crippen MR) is 169 cm³/mol. The first kappa shape index (κ1) is 33.8. The molecule has 0 radical (unpaired) electrons. The third-order valence-electron chi connectivity index (χ3n) is 8.17. The van der Waals surface area contributed by atoms with E-state index in [1.807, 2.05) is 18.3 Å². The number of anilines is 1. The Labute approximate surface area is 255 Å². The van der Waals surface area contributed by atoms with Gasteiger partial charge in [-0.15, -0.1) is 0 Å². The fourth-order valence-electron chi connectivity index (χ4n) is 5.73. The number of aliphatic imine (C=N–C) groups is 1. The van der Waals surface area contributed by atoms with Gasteiger partial charge in [0.2, 0.25) is 0 Å². The number of carbonyl (C=O) groups is 2.